The van der Waals surface area contributed by atoms with Crippen molar-refractivity contribution in [3.63, 3.8) is 0 Å². The van der Waals surface area contributed by atoms with Crippen LogP contribution in [0, 0.1) is 0 Å². The Labute approximate surface area is 130 Å². The van der Waals surface area contributed by atoms with Gasteiger partial charge in [0.05, 0.1) is 12.2 Å². The van der Waals surface area contributed by atoms with Crippen molar-refractivity contribution in [1.29, 1.82) is 0 Å². The molecule has 0 bridgehead atoms. The molecule has 1 N–H and O–H groups in total. The highest BCUT2D eigenvalue weighted by Gasteiger charge is 2.32. The van der Waals surface area contributed by atoms with Crippen molar-refractivity contribution in [2.45, 2.75) is 18.2 Å². The number of hydrogen-bond acceptors (Lipinski definition) is 3. The number of hydrogen-bond donors (Lipinski definition) is 1. The summed E-state index contributed by atoms with van der Waals surface area (Å²) < 4.78 is 43.9. The van der Waals surface area contributed by atoms with Gasteiger partial charge in [-0.2, -0.15) is 13.2 Å². The molecule has 2 heterocycles. The molecule has 6 heteroatoms. The summed E-state index contributed by atoms with van der Waals surface area (Å²) in [5.74, 6) is -0.00311. The first kappa shape index (κ1) is 15.5. The third-order valence-electron chi connectivity index (χ3n) is 3.89. The van der Waals surface area contributed by atoms with Gasteiger partial charge in [-0.25, -0.2) is 0 Å². The lowest BCUT2D eigenvalue weighted by Gasteiger charge is -2.29. The van der Waals surface area contributed by atoms with Crippen LogP contribution in [0.3, 0.4) is 0 Å². The number of alkyl halides is 3. The monoisotopic (exact) mass is 327 g/mol. The van der Waals surface area contributed by atoms with Crippen LogP contribution < -0.4 is 5.32 Å². The summed E-state index contributed by atoms with van der Waals surface area (Å²) in [6.07, 6.45) is -4.28. The highest BCUT2D eigenvalue weighted by atomic mass is 32.1. The maximum Gasteiger partial charge on any atom is 0.416 e. The van der Waals surface area contributed by atoms with Crippen molar-refractivity contribution in [2.24, 2.45) is 0 Å². The fourth-order valence-electron chi connectivity index (χ4n) is 2.78. The maximum atomic E-state index is 12.7. The SMILES string of the molecule is CNCC1OCC(c2ccc(C(F)(F)F)cc2)c2ccsc21. The third kappa shape index (κ3) is 2.91. The Morgan fingerprint density at radius 2 is 1.95 bits per heavy atom. The molecule has 118 valence electrons. The van der Waals surface area contributed by atoms with Crippen LogP contribution in [0.5, 0.6) is 0 Å². The number of ether oxygens (including phenoxy) is 1. The smallest absolute Gasteiger partial charge is 0.370 e. The van der Waals surface area contributed by atoms with E-state index in [1.165, 1.54) is 0 Å². The molecule has 2 nitrogen and oxygen atoms in total. The highest BCUT2D eigenvalue weighted by Crippen LogP contribution is 2.41. The second-order valence-corrected chi connectivity index (χ2v) is 6.24. The van der Waals surface area contributed by atoms with Gasteiger partial charge in [-0.15, -0.1) is 11.3 Å². The van der Waals surface area contributed by atoms with Gasteiger partial charge in [0.25, 0.3) is 0 Å². The van der Waals surface area contributed by atoms with E-state index in [2.05, 4.69) is 5.32 Å². The largest absolute Gasteiger partial charge is 0.416 e. The molecule has 0 saturated carbocycles. The van der Waals surface area contributed by atoms with E-state index in [1.54, 1.807) is 23.5 Å². The Hall–Kier alpha value is -1.37. The number of fused-ring (bicyclic) bond motifs is 1. The molecule has 1 aromatic heterocycles. The summed E-state index contributed by atoms with van der Waals surface area (Å²) in [5.41, 5.74) is 1.40. The Kier molecular flexibility index (Phi) is 4.25. The molecule has 0 radical (unpaired) electrons. The molecular weight excluding hydrogens is 311 g/mol. The second-order valence-electron chi connectivity index (χ2n) is 5.29. The molecule has 0 fully saturated rings. The molecule has 0 amide bonds. The summed E-state index contributed by atoms with van der Waals surface area (Å²) in [4.78, 5) is 1.16. The van der Waals surface area contributed by atoms with E-state index in [0.29, 0.717) is 6.61 Å². The number of likely N-dealkylation sites (N-methyl/N-ethyl adjacent to an activating group) is 1. The number of rotatable bonds is 3. The van der Waals surface area contributed by atoms with E-state index in [-0.39, 0.29) is 12.0 Å². The molecule has 1 aliphatic rings. The van der Waals surface area contributed by atoms with Gasteiger partial charge >= 0.3 is 6.18 Å². The van der Waals surface area contributed by atoms with E-state index >= 15 is 0 Å². The maximum absolute atomic E-state index is 12.7. The van der Waals surface area contributed by atoms with Gasteiger partial charge in [-0.05, 0) is 41.8 Å². The summed E-state index contributed by atoms with van der Waals surface area (Å²) >= 11 is 1.63. The summed E-state index contributed by atoms with van der Waals surface area (Å²) in [7, 11) is 1.87. The summed E-state index contributed by atoms with van der Waals surface area (Å²) in [5, 5.41) is 5.12. The Bertz CT molecular complexity index is 636. The molecule has 0 spiro atoms. The van der Waals surface area contributed by atoms with E-state index in [4.69, 9.17) is 4.74 Å². The highest BCUT2D eigenvalue weighted by molar-refractivity contribution is 7.10. The molecular formula is C16H16F3NOS. The van der Waals surface area contributed by atoms with Crippen molar-refractivity contribution in [3.05, 3.63) is 57.3 Å². The molecule has 0 saturated heterocycles. The Morgan fingerprint density at radius 3 is 2.59 bits per heavy atom. The standard InChI is InChI=1S/C16H16F3NOS/c1-20-8-14-15-12(6-7-22-15)13(9-21-14)10-2-4-11(5-3-10)16(17,18)19/h2-7,13-14,20H,8-9H2,1H3. The van der Waals surface area contributed by atoms with Crippen molar-refractivity contribution in [2.75, 3.05) is 20.2 Å². The zero-order chi connectivity index (χ0) is 15.7. The van der Waals surface area contributed by atoms with Gasteiger partial charge in [0, 0.05) is 17.3 Å². The van der Waals surface area contributed by atoms with Gasteiger partial charge < -0.3 is 10.1 Å². The number of halogens is 3. The topological polar surface area (TPSA) is 21.3 Å². The van der Waals surface area contributed by atoms with E-state index in [1.807, 2.05) is 18.5 Å². The van der Waals surface area contributed by atoms with E-state index < -0.39 is 11.7 Å². The van der Waals surface area contributed by atoms with Crippen molar-refractivity contribution >= 4 is 11.3 Å². The predicted molar refractivity (Wildman–Crippen MR) is 80.2 cm³/mol. The van der Waals surface area contributed by atoms with Gasteiger partial charge in [-0.1, -0.05) is 12.1 Å². The minimum atomic E-state index is -4.30. The molecule has 2 unspecified atom stereocenters. The third-order valence-corrected chi connectivity index (χ3v) is 4.91. The van der Waals surface area contributed by atoms with E-state index in [9.17, 15) is 13.2 Å². The zero-order valence-corrected chi connectivity index (χ0v) is 12.8. The van der Waals surface area contributed by atoms with E-state index in [0.717, 1.165) is 34.7 Å². The van der Waals surface area contributed by atoms with Crippen molar-refractivity contribution < 1.29 is 17.9 Å². The molecule has 2 aromatic rings. The van der Waals surface area contributed by atoms with Crippen LogP contribution in [0.4, 0.5) is 13.2 Å². The minimum absolute atomic E-state index is 0.00311. The first-order valence-electron chi connectivity index (χ1n) is 7.01. The van der Waals surface area contributed by atoms with Crippen LogP contribution in [-0.2, 0) is 10.9 Å². The van der Waals surface area contributed by atoms with Crippen LogP contribution >= 0.6 is 11.3 Å². The van der Waals surface area contributed by atoms with Crippen molar-refractivity contribution in [1.82, 2.24) is 5.32 Å². The van der Waals surface area contributed by atoms with Crippen LogP contribution in [0.1, 0.15) is 33.6 Å². The minimum Gasteiger partial charge on any atom is -0.370 e. The summed E-state index contributed by atoms with van der Waals surface area (Å²) in [6, 6.07) is 7.43. The predicted octanol–water partition coefficient (Wildman–Crippen LogP) is 4.19. The first-order valence-corrected chi connectivity index (χ1v) is 7.89. The normalized spacial score (nSPS) is 21.6. The molecule has 2 atom stereocenters. The first-order chi connectivity index (χ1) is 10.5. The van der Waals surface area contributed by atoms with Gasteiger partial charge in [0.2, 0.25) is 0 Å². The lowest BCUT2D eigenvalue weighted by atomic mass is 9.89. The molecule has 22 heavy (non-hydrogen) atoms. The van der Waals surface area contributed by atoms with Crippen LogP contribution in [0.15, 0.2) is 35.7 Å². The fourth-order valence-corrected chi connectivity index (χ4v) is 3.79. The number of thiophene rings is 1. The second kappa shape index (κ2) is 6.02. The lowest BCUT2D eigenvalue weighted by Crippen LogP contribution is -2.26. The van der Waals surface area contributed by atoms with Gasteiger partial charge in [0.15, 0.2) is 0 Å². The van der Waals surface area contributed by atoms with Crippen LogP contribution in [-0.4, -0.2) is 20.2 Å². The molecule has 3 rings (SSSR count). The van der Waals surface area contributed by atoms with Crippen LogP contribution in [0.2, 0.25) is 0 Å². The van der Waals surface area contributed by atoms with Crippen LogP contribution in [0.25, 0.3) is 0 Å². The average molecular weight is 327 g/mol. The molecule has 1 aliphatic heterocycles. The lowest BCUT2D eigenvalue weighted by molar-refractivity contribution is -0.137. The Morgan fingerprint density at radius 1 is 1.23 bits per heavy atom. The number of nitrogens with one attached hydrogen (secondary N) is 1. The van der Waals surface area contributed by atoms with Crippen molar-refractivity contribution in [3.8, 4) is 0 Å². The molecule has 0 aliphatic carbocycles. The quantitative estimate of drug-likeness (QED) is 0.913. The number of benzene rings is 1. The zero-order valence-electron chi connectivity index (χ0n) is 12.0. The van der Waals surface area contributed by atoms with Gasteiger partial charge in [-0.3, -0.25) is 0 Å². The summed E-state index contributed by atoms with van der Waals surface area (Å²) in [6.45, 7) is 1.22. The molecule has 1 aromatic carbocycles. The fraction of sp³-hybridized carbons (Fsp3) is 0.375. The Balaban J connectivity index is 1.88. The average Bonchev–Trinajstić information content (AvgIpc) is 2.97. The van der Waals surface area contributed by atoms with Gasteiger partial charge in [0.1, 0.15) is 6.10 Å².